The van der Waals surface area contributed by atoms with Crippen LogP contribution in [0.15, 0.2) is 58.4 Å². The Balaban J connectivity index is 1.21. The van der Waals surface area contributed by atoms with Gasteiger partial charge in [-0.15, -0.1) is 11.8 Å². The van der Waals surface area contributed by atoms with Crippen molar-refractivity contribution in [1.82, 2.24) is 9.88 Å². The first-order valence-corrected chi connectivity index (χ1v) is 15.3. The maximum absolute atomic E-state index is 13.9. The molecule has 8 unspecified atom stereocenters. The van der Waals surface area contributed by atoms with Gasteiger partial charge < -0.3 is 10.3 Å². The van der Waals surface area contributed by atoms with Gasteiger partial charge in [-0.2, -0.15) is 0 Å². The average molecular weight is 601 g/mol. The fourth-order valence-electron chi connectivity index (χ4n) is 7.36. The SMILES string of the molecule is CC(C(=O)Nc1ccc(Cl)cc1)N1C(=O)C2C3CC(C2C1=O)C1C(c2ccc(Cl)cc2)c2sc(=O)[nH]c2SC31. The number of hydrogen-bond acceptors (Lipinski definition) is 6. The maximum Gasteiger partial charge on any atom is 0.305 e. The second-order valence-corrected chi connectivity index (χ2v) is 13.8. The van der Waals surface area contributed by atoms with Crippen molar-refractivity contribution < 1.29 is 14.4 Å². The van der Waals surface area contributed by atoms with Crippen LogP contribution in [0.1, 0.15) is 29.7 Å². The van der Waals surface area contributed by atoms with Gasteiger partial charge in [0.25, 0.3) is 0 Å². The summed E-state index contributed by atoms with van der Waals surface area (Å²) in [6.45, 7) is 1.60. The van der Waals surface area contributed by atoms with E-state index in [1.807, 2.05) is 24.3 Å². The molecule has 2 bridgehead atoms. The van der Waals surface area contributed by atoms with Gasteiger partial charge in [-0.1, -0.05) is 46.7 Å². The number of aromatic amines is 1. The first-order valence-electron chi connectivity index (χ1n) is 12.8. The summed E-state index contributed by atoms with van der Waals surface area (Å²) in [7, 11) is 0. The molecule has 1 saturated heterocycles. The lowest BCUT2D eigenvalue weighted by atomic mass is 9.68. The highest BCUT2D eigenvalue weighted by Gasteiger charge is 2.70. The molecule has 7 nitrogen and oxygen atoms in total. The summed E-state index contributed by atoms with van der Waals surface area (Å²) in [5.41, 5.74) is 1.60. The van der Waals surface area contributed by atoms with Gasteiger partial charge in [0.15, 0.2) is 0 Å². The number of H-pyrrole nitrogens is 1. The number of halogens is 2. The van der Waals surface area contributed by atoms with E-state index in [0.29, 0.717) is 15.7 Å². The number of thiazole rings is 1. The number of anilines is 1. The number of carbonyl (C=O) groups excluding carboxylic acids is 3. The number of nitrogens with one attached hydrogen (secondary N) is 2. The number of rotatable bonds is 4. The van der Waals surface area contributed by atoms with E-state index in [2.05, 4.69) is 10.3 Å². The van der Waals surface area contributed by atoms with Gasteiger partial charge in [0.05, 0.1) is 16.9 Å². The fraction of sp³-hybridized carbons (Fsp3) is 0.357. The number of amides is 3. The monoisotopic (exact) mass is 599 g/mol. The zero-order valence-corrected chi connectivity index (χ0v) is 23.7. The predicted molar refractivity (Wildman–Crippen MR) is 151 cm³/mol. The number of imide groups is 1. The van der Waals surface area contributed by atoms with Crippen LogP contribution in [0.25, 0.3) is 0 Å². The van der Waals surface area contributed by atoms with E-state index in [4.69, 9.17) is 23.2 Å². The summed E-state index contributed by atoms with van der Waals surface area (Å²) in [6, 6.07) is 13.4. The molecule has 2 aliphatic heterocycles. The minimum atomic E-state index is -0.939. The normalized spacial score (nSPS) is 31.2. The Morgan fingerprint density at radius 3 is 2.26 bits per heavy atom. The predicted octanol–water partition coefficient (Wildman–Crippen LogP) is 5.24. The molecular formula is C28H23Cl2N3O4S2. The Kier molecular flexibility index (Phi) is 6.01. The summed E-state index contributed by atoms with van der Waals surface area (Å²) in [5.74, 6) is -1.84. The van der Waals surface area contributed by atoms with E-state index < -0.39 is 23.8 Å². The molecule has 3 aromatic rings. The molecule has 8 atom stereocenters. The Morgan fingerprint density at radius 1 is 0.974 bits per heavy atom. The van der Waals surface area contributed by atoms with Crippen molar-refractivity contribution in [2.75, 3.05) is 5.32 Å². The van der Waals surface area contributed by atoms with Crippen molar-refractivity contribution in [1.29, 1.82) is 0 Å². The molecule has 3 fully saturated rings. The number of hydrogen-bond donors (Lipinski definition) is 2. The van der Waals surface area contributed by atoms with Gasteiger partial charge in [-0.3, -0.25) is 24.1 Å². The molecule has 200 valence electrons. The topological polar surface area (TPSA) is 99.3 Å². The molecule has 3 amide bonds. The van der Waals surface area contributed by atoms with Gasteiger partial charge in [0.2, 0.25) is 17.7 Å². The van der Waals surface area contributed by atoms with Crippen molar-refractivity contribution >= 4 is 69.7 Å². The third-order valence-corrected chi connectivity index (χ3v) is 12.0. The summed E-state index contributed by atoms with van der Waals surface area (Å²) in [6.07, 6.45) is 0.789. The number of thioether (sulfide) groups is 1. The summed E-state index contributed by atoms with van der Waals surface area (Å²) < 4.78 is 0. The molecule has 4 aliphatic rings. The lowest BCUT2D eigenvalue weighted by molar-refractivity contribution is -0.146. The lowest BCUT2D eigenvalue weighted by Gasteiger charge is -2.43. The van der Waals surface area contributed by atoms with Crippen LogP contribution in [0, 0.1) is 29.6 Å². The van der Waals surface area contributed by atoms with E-state index in [-0.39, 0.29) is 45.6 Å². The van der Waals surface area contributed by atoms with E-state index in [9.17, 15) is 19.2 Å². The smallest absolute Gasteiger partial charge is 0.305 e. The zero-order chi connectivity index (χ0) is 27.2. The van der Waals surface area contributed by atoms with Crippen LogP contribution < -0.4 is 10.2 Å². The summed E-state index contributed by atoms with van der Waals surface area (Å²) >= 11 is 15.0. The third-order valence-electron chi connectivity index (χ3n) is 8.87. The van der Waals surface area contributed by atoms with Crippen LogP contribution in [0.5, 0.6) is 0 Å². The van der Waals surface area contributed by atoms with Gasteiger partial charge in [-0.05, 0) is 73.1 Å². The van der Waals surface area contributed by atoms with Crippen LogP contribution in [0.3, 0.4) is 0 Å². The Hall–Kier alpha value is -2.59. The first kappa shape index (κ1) is 25.4. The van der Waals surface area contributed by atoms with E-state index in [1.54, 1.807) is 43.0 Å². The fourth-order valence-corrected chi connectivity index (χ4v) is 10.5. The van der Waals surface area contributed by atoms with Crippen molar-refractivity contribution in [2.24, 2.45) is 29.6 Å². The number of fused-ring (bicyclic) bond motifs is 9. The number of aromatic nitrogens is 1. The van der Waals surface area contributed by atoms with Crippen molar-refractivity contribution in [3.8, 4) is 0 Å². The number of likely N-dealkylation sites (tertiary alicyclic amines) is 1. The van der Waals surface area contributed by atoms with Gasteiger partial charge in [0.1, 0.15) is 6.04 Å². The third kappa shape index (κ3) is 3.84. The second kappa shape index (κ2) is 9.23. The molecule has 0 spiro atoms. The van der Waals surface area contributed by atoms with Crippen molar-refractivity contribution in [3.63, 3.8) is 0 Å². The van der Waals surface area contributed by atoms with E-state index in [0.717, 1.165) is 21.9 Å². The minimum Gasteiger partial charge on any atom is -0.324 e. The molecule has 0 radical (unpaired) electrons. The molecule has 1 aromatic heterocycles. The largest absolute Gasteiger partial charge is 0.324 e. The van der Waals surface area contributed by atoms with Crippen LogP contribution in [0.4, 0.5) is 5.69 Å². The molecule has 2 N–H and O–H groups in total. The van der Waals surface area contributed by atoms with E-state index >= 15 is 0 Å². The molecule has 11 heteroatoms. The second-order valence-electron chi connectivity index (χ2n) is 10.7. The molecule has 3 heterocycles. The Bertz CT molecular complexity index is 1570. The molecule has 7 rings (SSSR count). The molecular weight excluding hydrogens is 577 g/mol. The highest BCUT2D eigenvalue weighted by molar-refractivity contribution is 8.00. The number of carbonyl (C=O) groups is 3. The molecule has 2 aromatic carbocycles. The molecule has 2 saturated carbocycles. The van der Waals surface area contributed by atoms with Crippen LogP contribution in [-0.4, -0.2) is 38.9 Å². The average Bonchev–Trinajstić information content (AvgIpc) is 3.64. The van der Waals surface area contributed by atoms with Crippen molar-refractivity contribution in [2.45, 2.75) is 35.6 Å². The molecule has 2 aliphatic carbocycles. The zero-order valence-electron chi connectivity index (χ0n) is 20.6. The Labute approximate surface area is 242 Å². The van der Waals surface area contributed by atoms with E-state index in [1.165, 1.54) is 16.2 Å². The molecule has 39 heavy (non-hydrogen) atoms. The number of nitrogens with zero attached hydrogens (tertiary/aromatic N) is 1. The van der Waals surface area contributed by atoms with Gasteiger partial charge in [-0.25, -0.2) is 0 Å². The maximum atomic E-state index is 13.9. The van der Waals surface area contributed by atoms with Crippen molar-refractivity contribution in [3.05, 3.63) is 78.7 Å². The summed E-state index contributed by atoms with van der Waals surface area (Å²) in [4.78, 5) is 58.2. The Morgan fingerprint density at radius 2 is 1.59 bits per heavy atom. The van der Waals surface area contributed by atoms with Crippen LogP contribution in [0.2, 0.25) is 10.0 Å². The van der Waals surface area contributed by atoms with Crippen LogP contribution in [-0.2, 0) is 14.4 Å². The van der Waals surface area contributed by atoms with Gasteiger partial charge in [0, 0.05) is 31.8 Å². The summed E-state index contributed by atoms with van der Waals surface area (Å²) in [5, 5.41) is 4.92. The van der Waals surface area contributed by atoms with Gasteiger partial charge >= 0.3 is 4.87 Å². The standard InChI is InChI=1S/C28H23Cl2N3O4S2/c1-11(24(34)31-15-8-6-14(30)7-9-15)33-26(35)20-16-10-17(21(20)27(33)36)22-19(16)18(12-2-4-13(29)5-3-12)23-25(38-22)32-28(37)39-23/h2-9,11,16-22H,10H2,1H3,(H,31,34)(H,32,37). The van der Waals surface area contributed by atoms with Crippen LogP contribution >= 0.6 is 46.3 Å². The quantitative estimate of drug-likeness (QED) is 0.399. The highest BCUT2D eigenvalue weighted by atomic mass is 35.5. The first-order chi connectivity index (χ1) is 18.7. The highest BCUT2D eigenvalue weighted by Crippen LogP contribution is 2.68. The number of benzene rings is 2. The minimum absolute atomic E-state index is 0.00525. The lowest BCUT2D eigenvalue weighted by Crippen LogP contribution is -2.46.